The molecule has 1 aromatic heterocycles. The molecule has 2 heterocycles. The molecule has 3 rings (SSSR count). The van der Waals surface area contributed by atoms with Crippen LogP contribution < -0.4 is 5.73 Å². The van der Waals surface area contributed by atoms with Gasteiger partial charge in [0.2, 0.25) is 0 Å². The first-order chi connectivity index (χ1) is 10.6. The molecular weight excluding hydrogens is 280 g/mol. The molecule has 0 spiro atoms. The second kappa shape index (κ2) is 6.71. The maximum Gasteiger partial charge on any atom is 0.320 e. The maximum atomic E-state index is 11.3. The van der Waals surface area contributed by atoms with Gasteiger partial charge in [-0.1, -0.05) is 19.3 Å². The number of carboxylic acids is 1. The molecule has 0 unspecified atom stereocenters. The fraction of sp³-hybridized carbons (Fsp3) is 0.688. The number of carboxylic acid groups (broad SMARTS) is 1. The number of aromatic nitrogens is 2. The Morgan fingerprint density at radius 3 is 2.59 bits per heavy atom. The van der Waals surface area contributed by atoms with Crippen molar-refractivity contribution in [3.05, 3.63) is 23.8 Å². The second-order valence-electron chi connectivity index (χ2n) is 6.56. The highest BCUT2D eigenvalue weighted by atomic mass is 16.4. The highest BCUT2D eigenvalue weighted by Gasteiger charge is 2.35. The molecule has 2 atom stereocenters. The first kappa shape index (κ1) is 15.4. The number of likely N-dealkylation sites (tertiary alicyclic amines) is 1. The third-order valence-electron chi connectivity index (χ3n) is 4.80. The molecule has 1 saturated heterocycles. The summed E-state index contributed by atoms with van der Waals surface area (Å²) in [7, 11) is 0. The molecule has 120 valence electrons. The van der Waals surface area contributed by atoms with Gasteiger partial charge in [-0.2, -0.15) is 0 Å². The van der Waals surface area contributed by atoms with Crippen LogP contribution in [0.2, 0.25) is 0 Å². The smallest absolute Gasteiger partial charge is 0.320 e. The Hall–Kier alpha value is -1.53. The number of nitrogens with two attached hydrogens (primary N) is 1. The topological polar surface area (TPSA) is 92.3 Å². The predicted octanol–water partition coefficient (Wildman–Crippen LogP) is 1.51. The monoisotopic (exact) mass is 304 g/mol. The summed E-state index contributed by atoms with van der Waals surface area (Å²) in [5.41, 5.74) is 6.85. The van der Waals surface area contributed by atoms with Gasteiger partial charge in [0.15, 0.2) is 0 Å². The van der Waals surface area contributed by atoms with Crippen molar-refractivity contribution in [3.63, 3.8) is 0 Å². The van der Waals surface area contributed by atoms with Crippen LogP contribution in [0.4, 0.5) is 0 Å². The summed E-state index contributed by atoms with van der Waals surface area (Å²) in [5.74, 6) is 0.638. The lowest BCUT2D eigenvalue weighted by Gasteiger charge is -2.22. The van der Waals surface area contributed by atoms with Crippen molar-refractivity contribution >= 4 is 5.97 Å². The number of aliphatic carboxylic acids is 1. The van der Waals surface area contributed by atoms with E-state index in [9.17, 15) is 9.90 Å². The SMILES string of the molecule is N[C@H]1C[C@@H](C(=O)O)N(Cc2cnc(C3CCCCC3)nc2)C1. The van der Waals surface area contributed by atoms with Crippen LogP contribution in [0.15, 0.2) is 12.4 Å². The van der Waals surface area contributed by atoms with E-state index in [1.807, 2.05) is 17.3 Å². The van der Waals surface area contributed by atoms with Crippen LogP contribution in [-0.4, -0.2) is 44.6 Å². The van der Waals surface area contributed by atoms with Gasteiger partial charge in [0.1, 0.15) is 11.9 Å². The van der Waals surface area contributed by atoms with Crippen molar-refractivity contribution in [2.24, 2.45) is 5.73 Å². The highest BCUT2D eigenvalue weighted by molar-refractivity contribution is 5.74. The van der Waals surface area contributed by atoms with E-state index in [0.29, 0.717) is 25.4 Å². The Kier molecular flexibility index (Phi) is 4.69. The van der Waals surface area contributed by atoms with Crippen molar-refractivity contribution in [1.29, 1.82) is 0 Å². The molecule has 3 N–H and O–H groups in total. The molecule has 6 heteroatoms. The van der Waals surface area contributed by atoms with E-state index >= 15 is 0 Å². The molecule has 1 aliphatic heterocycles. The maximum absolute atomic E-state index is 11.3. The van der Waals surface area contributed by atoms with E-state index in [2.05, 4.69) is 9.97 Å². The Bertz CT molecular complexity index is 513. The summed E-state index contributed by atoms with van der Waals surface area (Å²) in [6.45, 7) is 1.16. The van der Waals surface area contributed by atoms with Crippen molar-refractivity contribution < 1.29 is 9.90 Å². The van der Waals surface area contributed by atoms with Crippen LogP contribution >= 0.6 is 0 Å². The van der Waals surface area contributed by atoms with E-state index < -0.39 is 12.0 Å². The van der Waals surface area contributed by atoms with E-state index in [1.54, 1.807) is 0 Å². The van der Waals surface area contributed by atoms with Gasteiger partial charge < -0.3 is 10.8 Å². The minimum atomic E-state index is -0.798. The van der Waals surface area contributed by atoms with Crippen LogP contribution in [0.3, 0.4) is 0 Å². The number of carbonyl (C=O) groups is 1. The van der Waals surface area contributed by atoms with E-state index in [4.69, 9.17) is 5.73 Å². The summed E-state index contributed by atoms with van der Waals surface area (Å²) in [6.07, 6.45) is 10.4. The summed E-state index contributed by atoms with van der Waals surface area (Å²) in [6, 6.07) is -0.559. The van der Waals surface area contributed by atoms with Crippen molar-refractivity contribution in [3.8, 4) is 0 Å². The van der Waals surface area contributed by atoms with Gasteiger partial charge in [-0.15, -0.1) is 0 Å². The average Bonchev–Trinajstić information content (AvgIpc) is 2.90. The molecule has 2 fully saturated rings. The first-order valence-corrected chi connectivity index (χ1v) is 8.16. The number of rotatable bonds is 4. The fourth-order valence-electron chi connectivity index (χ4n) is 3.62. The molecule has 1 aliphatic carbocycles. The van der Waals surface area contributed by atoms with Crippen LogP contribution in [0, 0.1) is 0 Å². The zero-order chi connectivity index (χ0) is 15.5. The molecule has 22 heavy (non-hydrogen) atoms. The lowest BCUT2D eigenvalue weighted by atomic mass is 9.89. The van der Waals surface area contributed by atoms with Gasteiger partial charge in [-0.25, -0.2) is 9.97 Å². The normalized spacial score (nSPS) is 27.1. The molecular formula is C16H24N4O2. The summed E-state index contributed by atoms with van der Waals surface area (Å²) in [5, 5.41) is 9.27. The van der Waals surface area contributed by atoms with Crippen LogP contribution in [0.25, 0.3) is 0 Å². The molecule has 0 radical (unpaired) electrons. The van der Waals surface area contributed by atoms with Crippen LogP contribution in [0.1, 0.15) is 55.8 Å². The van der Waals surface area contributed by atoms with Crippen LogP contribution in [-0.2, 0) is 11.3 Å². The van der Waals surface area contributed by atoms with Gasteiger partial charge in [-0.05, 0) is 19.3 Å². The average molecular weight is 304 g/mol. The van der Waals surface area contributed by atoms with Gasteiger partial charge >= 0.3 is 5.97 Å². The second-order valence-corrected chi connectivity index (χ2v) is 6.56. The quantitative estimate of drug-likeness (QED) is 0.876. The zero-order valence-electron chi connectivity index (χ0n) is 12.8. The van der Waals surface area contributed by atoms with Crippen molar-refractivity contribution in [1.82, 2.24) is 14.9 Å². The minimum Gasteiger partial charge on any atom is -0.480 e. The van der Waals surface area contributed by atoms with Gasteiger partial charge in [0.05, 0.1) is 0 Å². The summed E-state index contributed by atoms with van der Waals surface area (Å²) in [4.78, 5) is 22.2. The Balaban J connectivity index is 1.64. The van der Waals surface area contributed by atoms with Crippen LogP contribution in [0.5, 0.6) is 0 Å². The number of nitrogens with zero attached hydrogens (tertiary/aromatic N) is 3. The zero-order valence-corrected chi connectivity index (χ0v) is 12.8. The Labute approximate surface area is 130 Å². The van der Waals surface area contributed by atoms with Crippen molar-refractivity contribution in [2.75, 3.05) is 6.54 Å². The largest absolute Gasteiger partial charge is 0.480 e. The van der Waals surface area contributed by atoms with Gasteiger partial charge in [0.25, 0.3) is 0 Å². The minimum absolute atomic E-state index is 0.0662. The lowest BCUT2D eigenvalue weighted by molar-refractivity contribution is -0.142. The molecule has 1 aromatic rings. The number of hydrogen-bond acceptors (Lipinski definition) is 5. The molecule has 6 nitrogen and oxygen atoms in total. The van der Waals surface area contributed by atoms with E-state index in [-0.39, 0.29) is 6.04 Å². The molecule has 0 amide bonds. The molecule has 0 aromatic carbocycles. The standard InChI is InChI=1S/C16H24N4O2/c17-13-6-14(16(21)22)20(10-13)9-11-7-18-15(19-8-11)12-4-2-1-3-5-12/h7-8,12-14H,1-6,9-10,17H2,(H,21,22)/t13-,14-/m0/s1. The number of hydrogen-bond donors (Lipinski definition) is 2. The predicted molar refractivity (Wildman–Crippen MR) is 82.3 cm³/mol. The molecule has 0 bridgehead atoms. The van der Waals surface area contributed by atoms with E-state index in [0.717, 1.165) is 11.4 Å². The van der Waals surface area contributed by atoms with Gasteiger partial charge in [0, 0.05) is 43.0 Å². The van der Waals surface area contributed by atoms with Gasteiger partial charge in [-0.3, -0.25) is 9.69 Å². The summed E-state index contributed by atoms with van der Waals surface area (Å²) < 4.78 is 0. The van der Waals surface area contributed by atoms with E-state index in [1.165, 1.54) is 32.1 Å². The molecule has 2 aliphatic rings. The third-order valence-corrected chi connectivity index (χ3v) is 4.80. The highest BCUT2D eigenvalue weighted by Crippen LogP contribution is 2.30. The first-order valence-electron chi connectivity index (χ1n) is 8.16. The summed E-state index contributed by atoms with van der Waals surface area (Å²) >= 11 is 0. The Morgan fingerprint density at radius 1 is 1.27 bits per heavy atom. The third kappa shape index (κ3) is 3.44. The fourth-order valence-corrected chi connectivity index (χ4v) is 3.62. The lowest BCUT2D eigenvalue weighted by Crippen LogP contribution is -2.35. The van der Waals surface area contributed by atoms with Crippen molar-refractivity contribution in [2.45, 2.75) is 63.1 Å². The Morgan fingerprint density at radius 2 is 1.95 bits per heavy atom. The molecule has 1 saturated carbocycles.